The van der Waals surface area contributed by atoms with E-state index in [9.17, 15) is 18.7 Å². The molecular formula is C15H14F2N2O2. The fraction of sp³-hybridized carbons (Fsp3) is 0.133. The largest absolute Gasteiger partial charge is 0.389 e. The maximum absolute atomic E-state index is 13.4. The Morgan fingerprint density at radius 1 is 1.10 bits per heavy atom. The van der Waals surface area contributed by atoms with E-state index in [4.69, 9.17) is 0 Å². The number of rotatable bonds is 3. The Kier molecular flexibility index (Phi) is 4.49. The normalized spacial score (nSPS) is 11.8. The van der Waals surface area contributed by atoms with Crippen LogP contribution in [0.5, 0.6) is 0 Å². The van der Waals surface area contributed by atoms with Gasteiger partial charge >= 0.3 is 6.03 Å². The summed E-state index contributed by atoms with van der Waals surface area (Å²) in [5.74, 6) is -1.37. The first kappa shape index (κ1) is 14.9. The van der Waals surface area contributed by atoms with Gasteiger partial charge < -0.3 is 15.7 Å². The van der Waals surface area contributed by atoms with Gasteiger partial charge in [0.15, 0.2) is 0 Å². The van der Waals surface area contributed by atoms with Crippen molar-refractivity contribution < 1.29 is 18.7 Å². The molecule has 0 aliphatic heterocycles. The Labute approximate surface area is 120 Å². The van der Waals surface area contributed by atoms with E-state index in [1.54, 1.807) is 31.2 Å². The number of amides is 2. The third kappa shape index (κ3) is 4.00. The SMILES string of the molecule is CC(O)c1ccc(NC(=O)Nc2cc(F)ccc2F)cc1. The molecule has 0 bridgehead atoms. The molecule has 1 atom stereocenters. The summed E-state index contributed by atoms with van der Waals surface area (Å²) in [7, 11) is 0. The molecule has 6 heteroatoms. The number of halogens is 2. The summed E-state index contributed by atoms with van der Waals surface area (Å²) in [5, 5.41) is 14.1. The van der Waals surface area contributed by atoms with E-state index < -0.39 is 23.8 Å². The minimum atomic E-state index is -0.726. The molecule has 3 N–H and O–H groups in total. The zero-order valence-corrected chi connectivity index (χ0v) is 11.2. The second-order valence-electron chi connectivity index (χ2n) is 4.50. The minimum absolute atomic E-state index is 0.242. The third-order valence-corrected chi connectivity index (χ3v) is 2.83. The lowest BCUT2D eigenvalue weighted by atomic mass is 10.1. The lowest BCUT2D eigenvalue weighted by Crippen LogP contribution is -2.20. The van der Waals surface area contributed by atoms with Crippen molar-refractivity contribution in [3.8, 4) is 0 Å². The summed E-state index contributed by atoms with van der Waals surface area (Å²) >= 11 is 0. The number of aliphatic hydroxyl groups excluding tert-OH is 1. The van der Waals surface area contributed by atoms with E-state index in [0.717, 1.165) is 18.2 Å². The monoisotopic (exact) mass is 292 g/mol. The highest BCUT2D eigenvalue weighted by Crippen LogP contribution is 2.17. The molecule has 2 aromatic carbocycles. The fourth-order valence-electron chi connectivity index (χ4n) is 1.72. The van der Waals surface area contributed by atoms with Crippen LogP contribution in [0.1, 0.15) is 18.6 Å². The van der Waals surface area contributed by atoms with Gasteiger partial charge in [0.1, 0.15) is 11.6 Å². The van der Waals surface area contributed by atoms with Gasteiger partial charge in [0.2, 0.25) is 0 Å². The van der Waals surface area contributed by atoms with E-state index in [1.165, 1.54) is 0 Å². The number of benzene rings is 2. The highest BCUT2D eigenvalue weighted by atomic mass is 19.1. The molecule has 2 aromatic rings. The zero-order valence-electron chi connectivity index (χ0n) is 11.2. The first-order chi connectivity index (χ1) is 9.95. The van der Waals surface area contributed by atoms with E-state index in [0.29, 0.717) is 11.3 Å². The van der Waals surface area contributed by atoms with Gasteiger partial charge in [-0.2, -0.15) is 0 Å². The van der Waals surface area contributed by atoms with Crippen molar-refractivity contribution in [3.05, 3.63) is 59.7 Å². The minimum Gasteiger partial charge on any atom is -0.389 e. The highest BCUT2D eigenvalue weighted by Gasteiger charge is 2.08. The summed E-state index contributed by atoms with van der Waals surface area (Å²) < 4.78 is 26.4. The van der Waals surface area contributed by atoms with Gasteiger partial charge in [-0.1, -0.05) is 12.1 Å². The molecule has 110 valence electrons. The summed E-state index contributed by atoms with van der Waals surface area (Å²) in [6.45, 7) is 1.63. The number of nitrogens with one attached hydrogen (secondary N) is 2. The van der Waals surface area contributed by atoms with Crippen LogP contribution in [-0.2, 0) is 0 Å². The number of carbonyl (C=O) groups is 1. The topological polar surface area (TPSA) is 61.4 Å². The third-order valence-electron chi connectivity index (χ3n) is 2.83. The van der Waals surface area contributed by atoms with Crippen LogP contribution >= 0.6 is 0 Å². The summed E-state index contributed by atoms with van der Waals surface area (Å²) in [6.07, 6.45) is -0.603. The first-order valence-electron chi connectivity index (χ1n) is 6.27. The van der Waals surface area contributed by atoms with Crippen LogP contribution in [0.4, 0.5) is 25.0 Å². The molecule has 2 rings (SSSR count). The molecular weight excluding hydrogens is 278 g/mol. The van der Waals surface area contributed by atoms with E-state index in [1.807, 2.05) is 0 Å². The van der Waals surface area contributed by atoms with Crippen LogP contribution < -0.4 is 10.6 Å². The van der Waals surface area contributed by atoms with Crippen molar-refractivity contribution >= 4 is 17.4 Å². The van der Waals surface area contributed by atoms with E-state index in [2.05, 4.69) is 10.6 Å². The number of aliphatic hydroxyl groups is 1. The predicted molar refractivity (Wildman–Crippen MR) is 76.1 cm³/mol. The van der Waals surface area contributed by atoms with E-state index in [-0.39, 0.29) is 5.69 Å². The molecule has 21 heavy (non-hydrogen) atoms. The van der Waals surface area contributed by atoms with Gasteiger partial charge in [-0.15, -0.1) is 0 Å². The summed E-state index contributed by atoms with van der Waals surface area (Å²) in [6, 6.07) is 8.62. The Morgan fingerprint density at radius 3 is 2.38 bits per heavy atom. The lowest BCUT2D eigenvalue weighted by molar-refractivity contribution is 0.199. The standard InChI is InChI=1S/C15H14F2N2O2/c1-9(20)10-2-5-12(6-3-10)18-15(21)19-14-8-11(16)4-7-13(14)17/h2-9,20H,1H3,(H2,18,19,21). The van der Waals surface area contributed by atoms with Gasteiger partial charge in [0, 0.05) is 11.8 Å². The number of urea groups is 1. The van der Waals surface area contributed by atoms with Crippen LogP contribution in [0.2, 0.25) is 0 Å². The molecule has 0 saturated heterocycles. The van der Waals surface area contributed by atoms with Crippen molar-refractivity contribution in [2.24, 2.45) is 0 Å². The summed E-state index contributed by atoms with van der Waals surface area (Å²) in [5.41, 5.74) is 0.930. The van der Waals surface area contributed by atoms with Crippen LogP contribution in [-0.4, -0.2) is 11.1 Å². The van der Waals surface area contributed by atoms with Crippen molar-refractivity contribution in [1.29, 1.82) is 0 Å². The van der Waals surface area contributed by atoms with Gasteiger partial charge in [0.25, 0.3) is 0 Å². The fourth-order valence-corrected chi connectivity index (χ4v) is 1.72. The number of carbonyl (C=O) groups excluding carboxylic acids is 1. The predicted octanol–water partition coefficient (Wildman–Crippen LogP) is 3.66. The van der Waals surface area contributed by atoms with Crippen molar-refractivity contribution in [1.82, 2.24) is 0 Å². The molecule has 1 unspecified atom stereocenters. The van der Waals surface area contributed by atoms with Crippen LogP contribution in [0, 0.1) is 11.6 Å². The number of hydrogen-bond donors (Lipinski definition) is 3. The second kappa shape index (κ2) is 6.32. The molecule has 0 aliphatic rings. The van der Waals surface area contributed by atoms with Crippen molar-refractivity contribution in [2.45, 2.75) is 13.0 Å². The second-order valence-corrected chi connectivity index (χ2v) is 4.50. The van der Waals surface area contributed by atoms with Crippen LogP contribution in [0.15, 0.2) is 42.5 Å². The van der Waals surface area contributed by atoms with Crippen molar-refractivity contribution in [2.75, 3.05) is 10.6 Å². The molecule has 0 spiro atoms. The molecule has 0 radical (unpaired) electrons. The van der Waals surface area contributed by atoms with E-state index >= 15 is 0 Å². The average molecular weight is 292 g/mol. The lowest BCUT2D eigenvalue weighted by Gasteiger charge is -2.10. The smallest absolute Gasteiger partial charge is 0.323 e. The molecule has 2 amide bonds. The maximum atomic E-state index is 13.4. The quantitative estimate of drug-likeness (QED) is 0.808. The van der Waals surface area contributed by atoms with Gasteiger partial charge in [-0.3, -0.25) is 0 Å². The molecule has 0 aliphatic carbocycles. The van der Waals surface area contributed by atoms with Gasteiger partial charge in [-0.25, -0.2) is 13.6 Å². The molecule has 4 nitrogen and oxygen atoms in total. The maximum Gasteiger partial charge on any atom is 0.323 e. The number of hydrogen-bond acceptors (Lipinski definition) is 2. The van der Waals surface area contributed by atoms with Gasteiger partial charge in [-0.05, 0) is 36.8 Å². The van der Waals surface area contributed by atoms with Crippen LogP contribution in [0.25, 0.3) is 0 Å². The first-order valence-corrected chi connectivity index (χ1v) is 6.27. The molecule has 0 heterocycles. The Balaban J connectivity index is 2.03. The van der Waals surface area contributed by atoms with Crippen molar-refractivity contribution in [3.63, 3.8) is 0 Å². The Hall–Kier alpha value is -2.47. The number of anilines is 2. The molecule has 0 fully saturated rings. The van der Waals surface area contributed by atoms with Gasteiger partial charge in [0.05, 0.1) is 11.8 Å². The van der Waals surface area contributed by atoms with Crippen LogP contribution in [0.3, 0.4) is 0 Å². The Bertz CT molecular complexity index is 643. The zero-order chi connectivity index (χ0) is 15.4. The molecule has 0 aromatic heterocycles. The summed E-state index contributed by atoms with van der Waals surface area (Å²) in [4.78, 5) is 11.7. The highest BCUT2D eigenvalue weighted by molar-refractivity contribution is 5.99. The molecule has 0 saturated carbocycles. The average Bonchev–Trinajstić information content (AvgIpc) is 2.43. The Morgan fingerprint density at radius 2 is 1.76 bits per heavy atom.